The normalized spacial score (nSPS) is 43.0. The van der Waals surface area contributed by atoms with Gasteiger partial charge in [0.25, 0.3) is 0 Å². The van der Waals surface area contributed by atoms with E-state index in [1.807, 2.05) is 7.11 Å². The average molecular weight is 254 g/mol. The number of likely N-dealkylation sites (tertiary alicyclic amines) is 1. The van der Waals surface area contributed by atoms with Gasteiger partial charge in [0.15, 0.2) is 0 Å². The van der Waals surface area contributed by atoms with Crippen LogP contribution in [-0.4, -0.2) is 43.3 Å². The first kappa shape index (κ1) is 14.3. The van der Waals surface area contributed by atoms with Gasteiger partial charge in [-0.2, -0.15) is 0 Å². The number of piperidine rings is 1. The van der Waals surface area contributed by atoms with Gasteiger partial charge in [0.1, 0.15) is 0 Å². The summed E-state index contributed by atoms with van der Waals surface area (Å²) in [5, 5.41) is 0. The van der Waals surface area contributed by atoms with Crippen molar-refractivity contribution in [2.24, 2.45) is 17.6 Å². The fraction of sp³-hybridized carbons (Fsp3) is 1.00. The standard InChI is InChI=1S/C15H30N2O/c1-12-4-7-15(11-16,8-5-12)17-9-6-13(2)14(10-17)18-3/h12-14H,4-11,16H2,1-3H3. The van der Waals surface area contributed by atoms with Crippen LogP contribution in [0.3, 0.4) is 0 Å². The predicted octanol–water partition coefficient (Wildman–Crippen LogP) is 2.25. The van der Waals surface area contributed by atoms with Crippen molar-refractivity contribution >= 4 is 0 Å². The fourth-order valence-electron chi connectivity index (χ4n) is 3.72. The molecule has 18 heavy (non-hydrogen) atoms. The first-order chi connectivity index (χ1) is 8.61. The lowest BCUT2D eigenvalue weighted by Gasteiger charge is -2.51. The summed E-state index contributed by atoms with van der Waals surface area (Å²) in [7, 11) is 1.85. The summed E-state index contributed by atoms with van der Waals surface area (Å²) >= 11 is 0. The van der Waals surface area contributed by atoms with E-state index in [9.17, 15) is 0 Å². The summed E-state index contributed by atoms with van der Waals surface area (Å²) in [5.74, 6) is 1.56. The number of ether oxygens (including phenoxy) is 1. The maximum Gasteiger partial charge on any atom is 0.0724 e. The average Bonchev–Trinajstić information content (AvgIpc) is 2.41. The predicted molar refractivity (Wildman–Crippen MR) is 75.6 cm³/mol. The highest BCUT2D eigenvalue weighted by atomic mass is 16.5. The molecule has 0 amide bonds. The molecule has 2 aliphatic rings. The summed E-state index contributed by atoms with van der Waals surface area (Å²) in [6, 6.07) is 0. The second-order valence-electron chi connectivity index (χ2n) is 6.60. The van der Waals surface area contributed by atoms with Crippen LogP contribution in [0.5, 0.6) is 0 Å². The Labute approximate surface area is 112 Å². The smallest absolute Gasteiger partial charge is 0.0724 e. The molecule has 2 unspecified atom stereocenters. The summed E-state index contributed by atoms with van der Waals surface area (Å²) in [5.41, 5.74) is 6.42. The highest BCUT2D eigenvalue weighted by molar-refractivity contribution is 4.98. The Morgan fingerprint density at radius 3 is 2.44 bits per heavy atom. The van der Waals surface area contributed by atoms with E-state index in [0.717, 1.165) is 19.0 Å². The highest BCUT2D eigenvalue weighted by Gasteiger charge is 2.41. The van der Waals surface area contributed by atoms with Crippen molar-refractivity contribution in [1.29, 1.82) is 0 Å². The van der Waals surface area contributed by atoms with Crippen LogP contribution >= 0.6 is 0 Å². The lowest BCUT2D eigenvalue weighted by atomic mass is 9.75. The molecule has 1 saturated carbocycles. The van der Waals surface area contributed by atoms with Crippen LogP contribution in [0, 0.1) is 11.8 Å². The molecular weight excluding hydrogens is 224 g/mol. The van der Waals surface area contributed by atoms with Crippen LogP contribution in [0.4, 0.5) is 0 Å². The molecule has 0 radical (unpaired) electrons. The van der Waals surface area contributed by atoms with E-state index >= 15 is 0 Å². The molecule has 3 nitrogen and oxygen atoms in total. The Balaban J connectivity index is 2.04. The number of rotatable bonds is 3. The maximum atomic E-state index is 6.15. The van der Waals surface area contributed by atoms with E-state index < -0.39 is 0 Å². The third-order valence-corrected chi connectivity index (χ3v) is 5.45. The van der Waals surface area contributed by atoms with Gasteiger partial charge in [-0.3, -0.25) is 4.90 Å². The van der Waals surface area contributed by atoms with Gasteiger partial charge in [-0.05, 0) is 50.5 Å². The Hall–Kier alpha value is -0.120. The maximum absolute atomic E-state index is 6.15. The van der Waals surface area contributed by atoms with Gasteiger partial charge in [-0.25, -0.2) is 0 Å². The second-order valence-corrected chi connectivity index (χ2v) is 6.60. The lowest BCUT2D eigenvalue weighted by molar-refractivity contribution is -0.0578. The third-order valence-electron chi connectivity index (χ3n) is 5.45. The summed E-state index contributed by atoms with van der Waals surface area (Å²) < 4.78 is 5.65. The molecule has 1 heterocycles. The molecular formula is C15H30N2O. The molecule has 0 aromatic carbocycles. The summed E-state index contributed by atoms with van der Waals surface area (Å²) in [4.78, 5) is 2.65. The Bertz CT molecular complexity index is 261. The van der Waals surface area contributed by atoms with Crippen molar-refractivity contribution in [2.45, 2.75) is 57.6 Å². The topological polar surface area (TPSA) is 38.5 Å². The molecule has 2 atom stereocenters. The molecule has 1 aliphatic heterocycles. The van der Waals surface area contributed by atoms with Gasteiger partial charge in [-0.15, -0.1) is 0 Å². The minimum absolute atomic E-state index is 0.267. The van der Waals surface area contributed by atoms with Crippen molar-refractivity contribution in [3.05, 3.63) is 0 Å². The molecule has 106 valence electrons. The van der Waals surface area contributed by atoms with E-state index in [2.05, 4.69) is 18.7 Å². The van der Waals surface area contributed by atoms with Gasteiger partial charge in [0.2, 0.25) is 0 Å². The van der Waals surface area contributed by atoms with E-state index in [0.29, 0.717) is 12.0 Å². The van der Waals surface area contributed by atoms with Gasteiger partial charge >= 0.3 is 0 Å². The number of hydrogen-bond acceptors (Lipinski definition) is 3. The first-order valence-corrected chi connectivity index (χ1v) is 7.59. The van der Waals surface area contributed by atoms with Crippen molar-refractivity contribution in [3.63, 3.8) is 0 Å². The molecule has 0 bridgehead atoms. The number of nitrogens with two attached hydrogens (primary N) is 1. The molecule has 2 fully saturated rings. The van der Waals surface area contributed by atoms with Crippen molar-refractivity contribution in [2.75, 3.05) is 26.7 Å². The highest BCUT2D eigenvalue weighted by Crippen LogP contribution is 2.38. The molecule has 1 aliphatic carbocycles. The SMILES string of the molecule is COC1CN(C2(CN)CCC(C)CC2)CCC1C. The monoisotopic (exact) mass is 254 g/mol. The van der Waals surface area contributed by atoms with E-state index in [4.69, 9.17) is 10.5 Å². The van der Waals surface area contributed by atoms with Crippen LogP contribution in [0.1, 0.15) is 46.0 Å². The van der Waals surface area contributed by atoms with Crippen LogP contribution in [-0.2, 0) is 4.74 Å². The van der Waals surface area contributed by atoms with Gasteiger partial charge < -0.3 is 10.5 Å². The zero-order valence-electron chi connectivity index (χ0n) is 12.3. The molecule has 2 rings (SSSR count). The van der Waals surface area contributed by atoms with Crippen LogP contribution in [0.25, 0.3) is 0 Å². The quantitative estimate of drug-likeness (QED) is 0.839. The summed E-state index contributed by atoms with van der Waals surface area (Å²) in [6.07, 6.45) is 6.85. The number of methoxy groups -OCH3 is 1. The lowest BCUT2D eigenvalue weighted by Crippen LogP contribution is -2.60. The Morgan fingerprint density at radius 2 is 1.89 bits per heavy atom. The van der Waals surface area contributed by atoms with Crippen molar-refractivity contribution < 1.29 is 4.74 Å². The van der Waals surface area contributed by atoms with Gasteiger partial charge in [0, 0.05) is 25.7 Å². The number of nitrogens with zero attached hydrogens (tertiary/aromatic N) is 1. The zero-order valence-corrected chi connectivity index (χ0v) is 12.3. The first-order valence-electron chi connectivity index (χ1n) is 7.59. The van der Waals surface area contributed by atoms with E-state index in [1.54, 1.807) is 0 Å². The minimum Gasteiger partial charge on any atom is -0.380 e. The van der Waals surface area contributed by atoms with Crippen molar-refractivity contribution in [3.8, 4) is 0 Å². The molecule has 0 aromatic rings. The Morgan fingerprint density at radius 1 is 1.22 bits per heavy atom. The van der Waals surface area contributed by atoms with Crippen LogP contribution < -0.4 is 5.73 Å². The van der Waals surface area contributed by atoms with Gasteiger partial charge in [0.05, 0.1) is 6.10 Å². The minimum atomic E-state index is 0.267. The molecule has 3 heteroatoms. The molecule has 1 saturated heterocycles. The van der Waals surface area contributed by atoms with Crippen molar-refractivity contribution in [1.82, 2.24) is 4.90 Å². The van der Waals surface area contributed by atoms with Crippen LogP contribution in [0.15, 0.2) is 0 Å². The summed E-state index contributed by atoms with van der Waals surface area (Å²) in [6.45, 7) is 7.76. The van der Waals surface area contributed by atoms with Crippen LogP contribution in [0.2, 0.25) is 0 Å². The van der Waals surface area contributed by atoms with Gasteiger partial charge in [-0.1, -0.05) is 13.8 Å². The molecule has 0 spiro atoms. The molecule has 2 N–H and O–H groups in total. The second kappa shape index (κ2) is 5.89. The fourth-order valence-corrected chi connectivity index (χ4v) is 3.72. The van der Waals surface area contributed by atoms with E-state index in [-0.39, 0.29) is 5.54 Å². The third kappa shape index (κ3) is 2.73. The largest absolute Gasteiger partial charge is 0.380 e. The number of hydrogen-bond donors (Lipinski definition) is 1. The Kier molecular flexibility index (Phi) is 4.68. The van der Waals surface area contributed by atoms with E-state index in [1.165, 1.54) is 38.6 Å². The molecule has 0 aromatic heterocycles. The zero-order chi connectivity index (χ0) is 13.2.